The predicted molar refractivity (Wildman–Crippen MR) is 101 cm³/mol. The second-order valence-corrected chi connectivity index (χ2v) is 8.57. The van der Waals surface area contributed by atoms with Crippen LogP contribution in [-0.4, -0.2) is 37.5 Å². The van der Waals surface area contributed by atoms with Gasteiger partial charge in [-0.15, -0.1) is 11.8 Å². The average molecular weight is 452 g/mol. The molecule has 158 valence electrons. The second-order valence-electron chi connectivity index (χ2n) is 6.00. The molecule has 6 nitrogen and oxygen atoms in total. The van der Waals surface area contributed by atoms with Gasteiger partial charge in [0, 0.05) is 10.6 Å². The van der Waals surface area contributed by atoms with E-state index in [1.807, 2.05) is 0 Å². The number of nitrogens with one attached hydrogen (secondary N) is 2. The minimum Gasteiger partial charge on any atom is -0.373 e. The zero-order valence-corrected chi connectivity index (χ0v) is 16.7. The van der Waals surface area contributed by atoms with Crippen LogP contribution < -0.4 is 10.0 Å². The van der Waals surface area contributed by atoms with Crippen LogP contribution in [0.4, 0.5) is 28.9 Å². The van der Waals surface area contributed by atoms with Crippen LogP contribution in [0.3, 0.4) is 0 Å². The van der Waals surface area contributed by atoms with Gasteiger partial charge in [-0.25, -0.2) is 12.8 Å². The molecule has 2 rings (SSSR count). The number of thioether (sulfide) groups is 1. The summed E-state index contributed by atoms with van der Waals surface area (Å²) >= 11 is 1.38. The Labute approximate surface area is 168 Å². The largest absolute Gasteiger partial charge is 0.426 e. The SMILES string of the molecule is CSc1cccc(NS(=O)(=O)c2ccc(NC(=O)[C@@](C)(O)C(F)(F)F)c(F)c2)c1. The summed E-state index contributed by atoms with van der Waals surface area (Å²) in [6.45, 7) is 0.214. The molecule has 0 spiro atoms. The minimum atomic E-state index is -5.29. The van der Waals surface area contributed by atoms with E-state index in [9.17, 15) is 35.9 Å². The summed E-state index contributed by atoms with van der Waals surface area (Å²) in [5, 5.41) is 10.9. The van der Waals surface area contributed by atoms with Crippen molar-refractivity contribution in [3.8, 4) is 0 Å². The number of hydrogen-bond donors (Lipinski definition) is 3. The topological polar surface area (TPSA) is 95.5 Å². The first-order valence-corrected chi connectivity index (χ1v) is 10.6. The lowest BCUT2D eigenvalue weighted by atomic mass is 10.1. The molecule has 3 N–H and O–H groups in total. The third-order valence-electron chi connectivity index (χ3n) is 3.82. The molecular weight excluding hydrogens is 436 g/mol. The molecule has 12 heteroatoms. The number of anilines is 2. The fraction of sp³-hybridized carbons (Fsp3) is 0.235. The third-order valence-corrected chi connectivity index (χ3v) is 5.92. The maximum atomic E-state index is 14.2. The molecule has 29 heavy (non-hydrogen) atoms. The summed E-state index contributed by atoms with van der Waals surface area (Å²) in [4.78, 5) is 11.9. The van der Waals surface area contributed by atoms with Crippen molar-refractivity contribution in [3.63, 3.8) is 0 Å². The van der Waals surface area contributed by atoms with Crippen molar-refractivity contribution < 1.29 is 35.9 Å². The molecule has 0 bridgehead atoms. The van der Waals surface area contributed by atoms with Crippen LogP contribution in [0, 0.1) is 5.82 Å². The Morgan fingerprint density at radius 3 is 2.34 bits per heavy atom. The number of amides is 1. The van der Waals surface area contributed by atoms with Crippen LogP contribution in [0.5, 0.6) is 0 Å². The molecule has 0 unspecified atom stereocenters. The summed E-state index contributed by atoms with van der Waals surface area (Å²) in [7, 11) is -4.20. The summed E-state index contributed by atoms with van der Waals surface area (Å²) in [6.07, 6.45) is -3.49. The molecular formula is C17H16F4N2O4S2. The van der Waals surface area contributed by atoms with Gasteiger partial charge >= 0.3 is 6.18 Å². The van der Waals surface area contributed by atoms with Crippen LogP contribution in [0.25, 0.3) is 0 Å². The van der Waals surface area contributed by atoms with Crippen molar-refractivity contribution in [2.45, 2.75) is 28.5 Å². The van der Waals surface area contributed by atoms with Crippen LogP contribution in [-0.2, 0) is 14.8 Å². The van der Waals surface area contributed by atoms with Crippen molar-refractivity contribution in [1.29, 1.82) is 0 Å². The highest BCUT2D eigenvalue weighted by Gasteiger charge is 2.55. The molecule has 0 aliphatic rings. The fourth-order valence-corrected chi connectivity index (χ4v) is 3.56. The van der Waals surface area contributed by atoms with E-state index in [-0.39, 0.29) is 12.6 Å². The van der Waals surface area contributed by atoms with Crippen LogP contribution >= 0.6 is 11.8 Å². The summed E-state index contributed by atoms with van der Waals surface area (Å²) in [5.74, 6) is -3.21. The van der Waals surface area contributed by atoms with Gasteiger partial charge < -0.3 is 10.4 Å². The number of hydrogen-bond acceptors (Lipinski definition) is 5. The molecule has 2 aromatic rings. The van der Waals surface area contributed by atoms with Crippen LogP contribution in [0.2, 0.25) is 0 Å². The lowest BCUT2D eigenvalue weighted by Gasteiger charge is -2.25. The van der Waals surface area contributed by atoms with Crippen LogP contribution in [0.15, 0.2) is 52.3 Å². The number of aliphatic hydroxyl groups is 1. The number of benzene rings is 2. The third kappa shape index (κ3) is 5.19. The molecule has 1 amide bonds. The molecule has 0 saturated heterocycles. The molecule has 0 aromatic heterocycles. The van der Waals surface area contributed by atoms with Gasteiger partial charge in [-0.3, -0.25) is 9.52 Å². The Morgan fingerprint density at radius 2 is 1.79 bits per heavy atom. The van der Waals surface area contributed by atoms with Gasteiger partial charge in [0.1, 0.15) is 5.82 Å². The molecule has 0 radical (unpaired) electrons. The fourth-order valence-electron chi connectivity index (χ4n) is 2.04. The monoisotopic (exact) mass is 452 g/mol. The summed E-state index contributed by atoms with van der Waals surface area (Å²) in [5.41, 5.74) is -4.24. The zero-order chi connectivity index (χ0) is 22.0. The smallest absolute Gasteiger partial charge is 0.373 e. The van der Waals surface area contributed by atoms with Crippen molar-refractivity contribution in [1.82, 2.24) is 0 Å². The molecule has 0 heterocycles. The van der Waals surface area contributed by atoms with E-state index in [0.717, 1.165) is 17.0 Å². The van der Waals surface area contributed by atoms with E-state index in [4.69, 9.17) is 0 Å². The number of carbonyl (C=O) groups is 1. The van der Waals surface area contributed by atoms with E-state index in [0.29, 0.717) is 6.07 Å². The quantitative estimate of drug-likeness (QED) is 0.460. The lowest BCUT2D eigenvalue weighted by Crippen LogP contribution is -2.52. The van der Waals surface area contributed by atoms with E-state index in [2.05, 4.69) is 4.72 Å². The maximum absolute atomic E-state index is 14.2. The minimum absolute atomic E-state index is 0.214. The van der Waals surface area contributed by atoms with Gasteiger partial charge in [0.15, 0.2) is 0 Å². The highest BCUT2D eigenvalue weighted by molar-refractivity contribution is 7.98. The van der Waals surface area contributed by atoms with Gasteiger partial charge in [0.25, 0.3) is 15.9 Å². The van der Waals surface area contributed by atoms with Gasteiger partial charge in [-0.2, -0.15) is 13.2 Å². The van der Waals surface area contributed by atoms with Crippen LogP contribution in [0.1, 0.15) is 6.92 Å². The number of halogens is 4. The molecule has 1 atom stereocenters. The molecule has 0 aliphatic carbocycles. The average Bonchev–Trinajstić information content (AvgIpc) is 2.62. The summed E-state index contributed by atoms with van der Waals surface area (Å²) < 4.78 is 79.3. The Hall–Kier alpha value is -2.31. The Bertz CT molecular complexity index is 1020. The van der Waals surface area contributed by atoms with Gasteiger partial charge in [0.05, 0.1) is 10.6 Å². The van der Waals surface area contributed by atoms with E-state index in [1.54, 1.807) is 29.8 Å². The highest BCUT2D eigenvalue weighted by Crippen LogP contribution is 2.31. The lowest BCUT2D eigenvalue weighted by molar-refractivity contribution is -0.242. The van der Waals surface area contributed by atoms with Gasteiger partial charge in [0.2, 0.25) is 5.60 Å². The number of alkyl halides is 3. The molecule has 0 aliphatic heterocycles. The van der Waals surface area contributed by atoms with E-state index in [1.165, 1.54) is 17.8 Å². The van der Waals surface area contributed by atoms with Gasteiger partial charge in [-0.05, 0) is 49.6 Å². The molecule has 2 aromatic carbocycles. The first-order valence-electron chi connectivity index (χ1n) is 7.85. The second kappa shape index (κ2) is 8.20. The Kier molecular flexibility index (Phi) is 6.50. The van der Waals surface area contributed by atoms with Crippen molar-refractivity contribution in [2.75, 3.05) is 16.3 Å². The number of rotatable bonds is 6. The first kappa shape index (κ1) is 23.0. The first-order chi connectivity index (χ1) is 13.3. The molecule has 0 fully saturated rings. The maximum Gasteiger partial charge on any atom is 0.426 e. The number of sulfonamides is 1. The van der Waals surface area contributed by atoms with Gasteiger partial charge in [-0.1, -0.05) is 6.07 Å². The van der Waals surface area contributed by atoms with Crippen molar-refractivity contribution >= 4 is 39.1 Å². The predicted octanol–water partition coefficient (Wildman–Crippen LogP) is 3.60. The Morgan fingerprint density at radius 1 is 1.14 bits per heavy atom. The van der Waals surface area contributed by atoms with E-state index < -0.39 is 44.1 Å². The normalized spacial score (nSPS) is 14.2. The van der Waals surface area contributed by atoms with Crippen molar-refractivity contribution in [2.24, 2.45) is 0 Å². The number of carbonyl (C=O) groups excluding carboxylic acids is 1. The zero-order valence-electron chi connectivity index (χ0n) is 15.0. The van der Waals surface area contributed by atoms with E-state index >= 15 is 0 Å². The Balaban J connectivity index is 2.25. The molecule has 0 saturated carbocycles. The highest BCUT2D eigenvalue weighted by atomic mass is 32.2. The summed E-state index contributed by atoms with van der Waals surface area (Å²) in [6, 6.07) is 8.66. The standard InChI is InChI=1S/C17H16F4N2O4S2/c1-16(25,17(19,20)21)15(24)22-14-7-6-12(9-13(14)18)29(26,27)23-10-4-3-5-11(8-10)28-2/h3-9,23,25H,1-2H3,(H,22,24)/t16-/m1/s1. The van der Waals surface area contributed by atoms with Crippen molar-refractivity contribution in [3.05, 3.63) is 48.3 Å².